The minimum absolute atomic E-state index is 1.32. The van der Waals surface area contributed by atoms with Crippen LogP contribution in [0, 0.1) is 0 Å². The van der Waals surface area contributed by atoms with Gasteiger partial charge in [0, 0.05) is 0 Å². The standard InChI is InChI=1S/C12H24N5P/c1-2-4-13(3-1)18-14-5-6-15(18)9-10-17(18)12-11-16(18)8-7-14/h1-12H2. The maximum atomic E-state index is 2.95. The van der Waals surface area contributed by atoms with Gasteiger partial charge in [-0.3, -0.25) is 0 Å². The summed E-state index contributed by atoms with van der Waals surface area (Å²) in [7, 11) is -2.11. The maximum absolute atomic E-state index is 2.95. The molecule has 0 aromatic heterocycles. The molecule has 0 saturated carbocycles. The number of nitrogens with zero attached hydrogens (tertiary/aromatic N) is 5. The van der Waals surface area contributed by atoms with Crippen LogP contribution in [0.25, 0.3) is 0 Å². The second-order valence-electron chi connectivity index (χ2n) is 6.37. The molecule has 0 amide bonds. The fourth-order valence-electron chi connectivity index (χ4n) is 5.65. The van der Waals surface area contributed by atoms with Crippen molar-refractivity contribution in [1.29, 1.82) is 0 Å². The van der Waals surface area contributed by atoms with E-state index in [0.717, 1.165) is 0 Å². The van der Waals surface area contributed by atoms with E-state index in [2.05, 4.69) is 23.4 Å². The van der Waals surface area contributed by atoms with Crippen LogP contribution in [-0.4, -0.2) is 88.8 Å². The normalized spacial score (nSPS) is 42.1. The Hall–Kier alpha value is 0.230. The van der Waals surface area contributed by atoms with E-state index in [1.54, 1.807) is 0 Å². The number of hydrogen-bond donors (Lipinski definition) is 0. The van der Waals surface area contributed by atoms with E-state index in [0.29, 0.717) is 0 Å². The SMILES string of the molecule is C1CCN(P234N5CCN2CCN3CCN4CC5)C1. The van der Waals surface area contributed by atoms with Gasteiger partial charge in [-0.25, -0.2) is 0 Å². The summed E-state index contributed by atoms with van der Waals surface area (Å²) in [5.74, 6) is 0. The molecule has 0 atom stereocenters. The van der Waals surface area contributed by atoms with Gasteiger partial charge in [0.1, 0.15) is 0 Å². The zero-order chi connectivity index (χ0) is 11.8. The van der Waals surface area contributed by atoms with Gasteiger partial charge in [-0.05, 0) is 0 Å². The molecule has 5 fully saturated rings. The molecule has 0 bridgehead atoms. The van der Waals surface area contributed by atoms with Crippen molar-refractivity contribution in [2.24, 2.45) is 0 Å². The van der Waals surface area contributed by atoms with Crippen molar-refractivity contribution in [2.75, 3.05) is 65.4 Å². The van der Waals surface area contributed by atoms with Crippen LogP contribution in [0.5, 0.6) is 0 Å². The van der Waals surface area contributed by atoms with Crippen LogP contribution in [0.1, 0.15) is 12.8 Å². The minimum atomic E-state index is -2.11. The molecule has 0 radical (unpaired) electrons. The Balaban J connectivity index is 1.77. The Morgan fingerprint density at radius 3 is 1.00 bits per heavy atom. The first-order valence-electron chi connectivity index (χ1n) is 7.66. The topological polar surface area (TPSA) is 16.2 Å². The van der Waals surface area contributed by atoms with E-state index in [-0.39, 0.29) is 0 Å². The third-order valence-corrected chi connectivity index (χ3v) is 13.1. The van der Waals surface area contributed by atoms with Gasteiger partial charge < -0.3 is 0 Å². The van der Waals surface area contributed by atoms with E-state index in [9.17, 15) is 0 Å². The number of hydrogen-bond acceptors (Lipinski definition) is 5. The molecule has 102 valence electrons. The summed E-state index contributed by atoms with van der Waals surface area (Å²) in [6.45, 7) is 13.3. The monoisotopic (exact) mass is 269 g/mol. The molecule has 5 aliphatic heterocycles. The summed E-state index contributed by atoms with van der Waals surface area (Å²) in [6.07, 6.45) is 2.84. The third-order valence-electron chi connectivity index (χ3n) is 6.08. The van der Waals surface area contributed by atoms with Crippen LogP contribution >= 0.6 is 7.36 Å². The van der Waals surface area contributed by atoms with E-state index >= 15 is 0 Å². The van der Waals surface area contributed by atoms with Crippen LogP contribution in [-0.2, 0) is 0 Å². The third kappa shape index (κ3) is 0.833. The molecule has 0 unspecified atom stereocenters. The van der Waals surface area contributed by atoms with E-state index in [1.165, 1.54) is 78.3 Å². The van der Waals surface area contributed by atoms with Crippen molar-refractivity contribution in [1.82, 2.24) is 23.4 Å². The first-order valence-corrected chi connectivity index (χ1v) is 9.66. The van der Waals surface area contributed by atoms with Crippen molar-refractivity contribution in [3.8, 4) is 0 Å². The Morgan fingerprint density at radius 2 is 0.667 bits per heavy atom. The summed E-state index contributed by atoms with van der Waals surface area (Å²) in [5.41, 5.74) is 0. The molecule has 1 spiro atoms. The van der Waals surface area contributed by atoms with Crippen LogP contribution in [0.4, 0.5) is 0 Å². The first kappa shape index (κ1) is 11.0. The zero-order valence-corrected chi connectivity index (χ0v) is 12.1. The molecule has 5 heterocycles. The predicted molar refractivity (Wildman–Crippen MR) is 74.0 cm³/mol. The summed E-state index contributed by atoms with van der Waals surface area (Å²) in [4.78, 5) is 0. The Labute approximate surface area is 109 Å². The van der Waals surface area contributed by atoms with E-state index < -0.39 is 7.36 Å². The molecule has 0 N–H and O–H groups in total. The Kier molecular flexibility index (Phi) is 1.99. The quantitative estimate of drug-likeness (QED) is 0.642. The second-order valence-corrected chi connectivity index (χ2v) is 11.0. The fraction of sp³-hybridized carbons (Fsp3) is 1.00. The van der Waals surface area contributed by atoms with Gasteiger partial charge in [0.05, 0.1) is 0 Å². The summed E-state index contributed by atoms with van der Waals surface area (Å²) in [5, 5.41) is 0. The molecule has 5 saturated heterocycles. The molecule has 0 aromatic carbocycles. The molecule has 0 aromatic rings. The molecule has 6 heteroatoms. The summed E-state index contributed by atoms with van der Waals surface area (Å²) in [6, 6.07) is 0. The zero-order valence-electron chi connectivity index (χ0n) is 11.2. The second kappa shape index (κ2) is 3.27. The van der Waals surface area contributed by atoms with Gasteiger partial charge in [0.25, 0.3) is 0 Å². The Bertz CT molecular complexity index is 320. The fourth-order valence-corrected chi connectivity index (χ4v) is 13.8. The average Bonchev–Trinajstić information content (AvgIpc) is 3.08. The summed E-state index contributed by atoms with van der Waals surface area (Å²) >= 11 is 0. The predicted octanol–water partition coefficient (Wildman–Crippen LogP) is 0.473. The molecule has 5 nitrogen and oxygen atoms in total. The Morgan fingerprint density at radius 1 is 0.389 bits per heavy atom. The van der Waals surface area contributed by atoms with Gasteiger partial charge in [0.15, 0.2) is 0 Å². The molecule has 5 rings (SSSR count). The van der Waals surface area contributed by atoms with Crippen LogP contribution in [0.3, 0.4) is 0 Å². The van der Waals surface area contributed by atoms with Crippen molar-refractivity contribution < 1.29 is 0 Å². The van der Waals surface area contributed by atoms with Gasteiger partial charge in [-0.1, -0.05) is 0 Å². The van der Waals surface area contributed by atoms with Crippen molar-refractivity contribution in [3.05, 3.63) is 0 Å². The van der Waals surface area contributed by atoms with Crippen LogP contribution in [0.15, 0.2) is 0 Å². The average molecular weight is 269 g/mol. The molecule has 18 heavy (non-hydrogen) atoms. The molecule has 5 aliphatic rings. The first-order chi connectivity index (χ1) is 8.87. The molecule has 0 aliphatic carbocycles. The van der Waals surface area contributed by atoms with Crippen molar-refractivity contribution in [2.45, 2.75) is 12.8 Å². The molecular formula is C12H24N5P. The molecular weight excluding hydrogens is 245 g/mol. The van der Waals surface area contributed by atoms with Gasteiger partial charge in [-0.15, -0.1) is 0 Å². The van der Waals surface area contributed by atoms with Crippen molar-refractivity contribution >= 4 is 7.36 Å². The summed E-state index contributed by atoms with van der Waals surface area (Å²) < 4.78 is 14.7. The van der Waals surface area contributed by atoms with E-state index in [4.69, 9.17) is 0 Å². The van der Waals surface area contributed by atoms with Crippen LogP contribution in [0.2, 0.25) is 0 Å². The van der Waals surface area contributed by atoms with Gasteiger partial charge >= 0.3 is 109 Å². The van der Waals surface area contributed by atoms with Crippen molar-refractivity contribution in [3.63, 3.8) is 0 Å². The van der Waals surface area contributed by atoms with Gasteiger partial charge in [-0.2, -0.15) is 0 Å². The van der Waals surface area contributed by atoms with Gasteiger partial charge in [0.2, 0.25) is 0 Å². The van der Waals surface area contributed by atoms with Crippen LogP contribution < -0.4 is 0 Å². The number of rotatable bonds is 1. The van der Waals surface area contributed by atoms with E-state index in [1.807, 2.05) is 0 Å².